The fourth-order valence-electron chi connectivity index (χ4n) is 2.44. The van der Waals surface area contributed by atoms with Crippen LogP contribution in [0.15, 0.2) is 48.5 Å². The first-order valence-electron chi connectivity index (χ1n) is 8.90. The third-order valence-corrected chi connectivity index (χ3v) is 4.92. The van der Waals surface area contributed by atoms with E-state index in [0.29, 0.717) is 18.7 Å². The van der Waals surface area contributed by atoms with Gasteiger partial charge in [0.2, 0.25) is 11.8 Å². The number of ether oxygens (including phenoxy) is 1. The standard InChI is InChI=1S/C21H26N2O3S/c1-16-5-3-6-18(13-16)23-20(24)7-4-12-27-15-21(25)22-14-17-8-10-19(26-2)11-9-17/h3,5-6,8-11,13H,4,7,12,14-15H2,1-2H3,(H,22,25)(H,23,24). The molecule has 0 aliphatic rings. The molecule has 0 heterocycles. The average Bonchev–Trinajstić information content (AvgIpc) is 2.66. The molecule has 0 aliphatic carbocycles. The highest BCUT2D eigenvalue weighted by Crippen LogP contribution is 2.12. The highest BCUT2D eigenvalue weighted by Gasteiger charge is 2.05. The Morgan fingerprint density at radius 2 is 1.85 bits per heavy atom. The average molecular weight is 387 g/mol. The summed E-state index contributed by atoms with van der Waals surface area (Å²) < 4.78 is 5.11. The number of nitrogens with one attached hydrogen (secondary N) is 2. The van der Waals surface area contributed by atoms with Gasteiger partial charge in [-0.2, -0.15) is 11.8 Å². The van der Waals surface area contributed by atoms with Crippen LogP contribution in [0.2, 0.25) is 0 Å². The van der Waals surface area contributed by atoms with Crippen LogP contribution in [0.25, 0.3) is 0 Å². The second-order valence-corrected chi connectivity index (χ2v) is 7.30. The zero-order valence-electron chi connectivity index (χ0n) is 15.8. The number of benzene rings is 2. The zero-order chi connectivity index (χ0) is 19.5. The maximum atomic E-state index is 11.9. The van der Waals surface area contributed by atoms with Crippen molar-refractivity contribution in [3.63, 3.8) is 0 Å². The Bertz CT molecular complexity index is 747. The number of methoxy groups -OCH3 is 1. The number of hydrogen-bond acceptors (Lipinski definition) is 4. The van der Waals surface area contributed by atoms with E-state index < -0.39 is 0 Å². The predicted octanol–water partition coefficient (Wildman–Crippen LogP) is 3.77. The summed E-state index contributed by atoms with van der Waals surface area (Å²) in [4.78, 5) is 23.8. The van der Waals surface area contributed by atoms with E-state index >= 15 is 0 Å². The Morgan fingerprint density at radius 3 is 2.56 bits per heavy atom. The second kappa shape index (κ2) is 11.3. The fraction of sp³-hybridized carbons (Fsp3) is 0.333. The molecule has 2 amide bonds. The van der Waals surface area contributed by atoms with Crippen LogP contribution in [0.3, 0.4) is 0 Å². The number of anilines is 1. The van der Waals surface area contributed by atoms with E-state index in [1.165, 1.54) is 0 Å². The first-order valence-corrected chi connectivity index (χ1v) is 10.1. The van der Waals surface area contributed by atoms with Crippen molar-refractivity contribution < 1.29 is 14.3 Å². The monoisotopic (exact) mass is 386 g/mol. The minimum atomic E-state index is 0.0000281. The molecule has 27 heavy (non-hydrogen) atoms. The Morgan fingerprint density at radius 1 is 1.07 bits per heavy atom. The zero-order valence-corrected chi connectivity index (χ0v) is 16.6. The molecule has 2 N–H and O–H groups in total. The number of carbonyl (C=O) groups excluding carboxylic acids is 2. The fourth-order valence-corrected chi connectivity index (χ4v) is 3.22. The number of carbonyl (C=O) groups is 2. The molecule has 0 atom stereocenters. The number of hydrogen-bond donors (Lipinski definition) is 2. The molecule has 0 fully saturated rings. The van der Waals surface area contributed by atoms with Crippen LogP contribution in [0.5, 0.6) is 5.75 Å². The van der Waals surface area contributed by atoms with Crippen LogP contribution < -0.4 is 15.4 Å². The molecule has 0 radical (unpaired) electrons. The summed E-state index contributed by atoms with van der Waals surface area (Å²) in [5.74, 6) is 1.98. The smallest absolute Gasteiger partial charge is 0.230 e. The molecule has 5 nitrogen and oxygen atoms in total. The van der Waals surface area contributed by atoms with E-state index in [1.807, 2.05) is 55.5 Å². The Labute approximate surface area is 164 Å². The van der Waals surface area contributed by atoms with E-state index in [-0.39, 0.29) is 11.8 Å². The molecule has 0 bridgehead atoms. The molecule has 0 aliphatic heterocycles. The molecule has 0 saturated heterocycles. The second-order valence-electron chi connectivity index (χ2n) is 6.20. The first-order chi connectivity index (χ1) is 13.1. The normalized spacial score (nSPS) is 10.3. The third-order valence-electron chi connectivity index (χ3n) is 3.88. The van der Waals surface area contributed by atoms with Crippen LogP contribution in [0.1, 0.15) is 24.0 Å². The van der Waals surface area contributed by atoms with Crippen molar-refractivity contribution in [2.45, 2.75) is 26.3 Å². The molecule has 144 valence electrons. The van der Waals surface area contributed by atoms with Crippen molar-refractivity contribution in [3.05, 3.63) is 59.7 Å². The summed E-state index contributed by atoms with van der Waals surface area (Å²) in [5.41, 5.74) is 2.97. The van der Waals surface area contributed by atoms with Gasteiger partial charge in [-0.05, 0) is 54.5 Å². The van der Waals surface area contributed by atoms with Gasteiger partial charge in [0.15, 0.2) is 0 Å². The van der Waals surface area contributed by atoms with Crippen molar-refractivity contribution in [1.29, 1.82) is 0 Å². The molecule has 2 aromatic carbocycles. The minimum absolute atomic E-state index is 0.0000281. The number of rotatable bonds is 10. The van der Waals surface area contributed by atoms with Crippen molar-refractivity contribution in [3.8, 4) is 5.75 Å². The number of amides is 2. The van der Waals surface area contributed by atoms with E-state index in [4.69, 9.17) is 4.74 Å². The highest BCUT2D eigenvalue weighted by molar-refractivity contribution is 7.99. The van der Waals surface area contributed by atoms with Crippen LogP contribution in [0, 0.1) is 6.92 Å². The van der Waals surface area contributed by atoms with Gasteiger partial charge in [-0.1, -0.05) is 24.3 Å². The van der Waals surface area contributed by atoms with Crippen molar-refractivity contribution >= 4 is 29.3 Å². The van der Waals surface area contributed by atoms with Gasteiger partial charge in [0.1, 0.15) is 5.75 Å². The molecular formula is C21H26N2O3S. The predicted molar refractivity (Wildman–Crippen MR) is 111 cm³/mol. The Kier molecular flexibility index (Phi) is 8.71. The lowest BCUT2D eigenvalue weighted by Gasteiger charge is -2.07. The van der Waals surface area contributed by atoms with E-state index in [1.54, 1.807) is 18.9 Å². The maximum absolute atomic E-state index is 11.9. The third kappa shape index (κ3) is 8.17. The quantitative estimate of drug-likeness (QED) is 0.610. The van der Waals surface area contributed by atoms with Gasteiger partial charge in [0, 0.05) is 18.7 Å². The molecule has 0 unspecified atom stereocenters. The van der Waals surface area contributed by atoms with Gasteiger partial charge >= 0.3 is 0 Å². The summed E-state index contributed by atoms with van der Waals surface area (Å²) in [7, 11) is 1.63. The van der Waals surface area contributed by atoms with Crippen LogP contribution >= 0.6 is 11.8 Å². The summed E-state index contributed by atoms with van der Waals surface area (Å²) in [5, 5.41) is 5.79. The molecular weight excluding hydrogens is 360 g/mol. The molecule has 2 rings (SSSR count). The lowest BCUT2D eigenvalue weighted by atomic mass is 10.2. The number of aryl methyl sites for hydroxylation is 1. The Balaban J connectivity index is 1.55. The molecule has 2 aromatic rings. The van der Waals surface area contributed by atoms with Gasteiger partial charge in [0.05, 0.1) is 12.9 Å². The molecule has 0 spiro atoms. The first kappa shape index (κ1) is 20.8. The maximum Gasteiger partial charge on any atom is 0.230 e. The summed E-state index contributed by atoms with van der Waals surface area (Å²) in [6, 6.07) is 15.3. The summed E-state index contributed by atoms with van der Waals surface area (Å²) in [6.45, 7) is 2.49. The lowest BCUT2D eigenvalue weighted by Crippen LogP contribution is -2.24. The molecule has 6 heteroatoms. The minimum Gasteiger partial charge on any atom is -0.497 e. The summed E-state index contributed by atoms with van der Waals surface area (Å²) in [6.07, 6.45) is 1.20. The van der Waals surface area contributed by atoms with Crippen molar-refractivity contribution in [2.24, 2.45) is 0 Å². The van der Waals surface area contributed by atoms with Gasteiger partial charge < -0.3 is 15.4 Å². The van der Waals surface area contributed by atoms with Gasteiger partial charge in [-0.25, -0.2) is 0 Å². The van der Waals surface area contributed by atoms with Crippen LogP contribution in [0.4, 0.5) is 5.69 Å². The van der Waals surface area contributed by atoms with Gasteiger partial charge in [-0.15, -0.1) is 0 Å². The van der Waals surface area contributed by atoms with Gasteiger partial charge in [0.25, 0.3) is 0 Å². The van der Waals surface area contributed by atoms with Crippen LogP contribution in [-0.2, 0) is 16.1 Å². The van der Waals surface area contributed by atoms with Gasteiger partial charge in [-0.3, -0.25) is 9.59 Å². The number of thioether (sulfide) groups is 1. The highest BCUT2D eigenvalue weighted by atomic mass is 32.2. The molecule has 0 aromatic heterocycles. The van der Waals surface area contributed by atoms with E-state index in [9.17, 15) is 9.59 Å². The topological polar surface area (TPSA) is 67.4 Å². The van der Waals surface area contributed by atoms with Crippen molar-refractivity contribution in [1.82, 2.24) is 5.32 Å². The SMILES string of the molecule is COc1ccc(CNC(=O)CSCCCC(=O)Nc2cccc(C)c2)cc1. The van der Waals surface area contributed by atoms with E-state index in [2.05, 4.69) is 10.6 Å². The van der Waals surface area contributed by atoms with Crippen LogP contribution in [-0.4, -0.2) is 30.4 Å². The van der Waals surface area contributed by atoms with Crippen molar-refractivity contribution in [2.75, 3.05) is 23.9 Å². The largest absolute Gasteiger partial charge is 0.497 e. The molecule has 0 saturated carbocycles. The Hall–Kier alpha value is -2.47. The summed E-state index contributed by atoms with van der Waals surface area (Å²) >= 11 is 1.54. The van der Waals surface area contributed by atoms with E-state index in [0.717, 1.165) is 34.7 Å². The lowest BCUT2D eigenvalue weighted by molar-refractivity contribution is -0.118.